The quantitative estimate of drug-likeness (QED) is 0.776. The maximum absolute atomic E-state index is 12.6. The molecule has 0 radical (unpaired) electrons. The highest BCUT2D eigenvalue weighted by Gasteiger charge is 2.21. The number of aryl methyl sites for hydroxylation is 2. The first-order valence-electron chi connectivity index (χ1n) is 6.67. The van der Waals surface area contributed by atoms with Gasteiger partial charge in [-0.2, -0.15) is 5.26 Å². The summed E-state index contributed by atoms with van der Waals surface area (Å²) in [4.78, 5) is 12.6. The molecule has 2 nitrogen and oxygen atoms in total. The van der Waals surface area contributed by atoms with Crippen molar-refractivity contribution in [1.29, 1.82) is 5.26 Å². The molecular weight excluding hydrogens is 246 g/mol. The van der Waals surface area contributed by atoms with E-state index in [1.54, 1.807) is 0 Å². The van der Waals surface area contributed by atoms with Gasteiger partial charge in [0.2, 0.25) is 0 Å². The van der Waals surface area contributed by atoms with Crippen LogP contribution in [-0.2, 0) is 0 Å². The van der Waals surface area contributed by atoms with Gasteiger partial charge in [-0.3, -0.25) is 4.79 Å². The normalized spacial score (nSPS) is 11.7. The van der Waals surface area contributed by atoms with Crippen molar-refractivity contribution in [3.63, 3.8) is 0 Å². The summed E-state index contributed by atoms with van der Waals surface area (Å²) in [5, 5.41) is 8.99. The van der Waals surface area contributed by atoms with E-state index in [1.807, 2.05) is 62.4 Å². The fourth-order valence-electron chi connectivity index (χ4n) is 2.23. The Bertz CT molecular complexity index is 653. The molecule has 1 atom stereocenters. The fraction of sp³-hybridized carbons (Fsp3) is 0.222. The van der Waals surface area contributed by atoms with Gasteiger partial charge in [-0.1, -0.05) is 42.5 Å². The minimum Gasteiger partial charge on any atom is -0.293 e. The van der Waals surface area contributed by atoms with Crippen LogP contribution in [0.4, 0.5) is 0 Å². The van der Waals surface area contributed by atoms with E-state index in [2.05, 4.69) is 6.07 Å². The van der Waals surface area contributed by atoms with Crippen molar-refractivity contribution in [1.82, 2.24) is 0 Å². The van der Waals surface area contributed by atoms with Crippen molar-refractivity contribution in [2.45, 2.75) is 26.2 Å². The number of ketones is 1. The lowest BCUT2D eigenvalue weighted by Crippen LogP contribution is -2.13. The molecule has 0 saturated heterocycles. The van der Waals surface area contributed by atoms with Crippen LogP contribution in [0.5, 0.6) is 0 Å². The van der Waals surface area contributed by atoms with Crippen LogP contribution in [0.25, 0.3) is 0 Å². The number of hydrogen-bond donors (Lipinski definition) is 0. The second-order valence-electron chi connectivity index (χ2n) is 4.99. The summed E-state index contributed by atoms with van der Waals surface area (Å²) in [6.45, 7) is 4.02. The predicted molar refractivity (Wildman–Crippen MR) is 79.7 cm³/mol. The van der Waals surface area contributed by atoms with Gasteiger partial charge >= 0.3 is 0 Å². The van der Waals surface area contributed by atoms with Gasteiger partial charge in [0.05, 0.1) is 12.0 Å². The molecule has 0 aliphatic rings. The average Bonchev–Trinajstić information content (AvgIpc) is 2.48. The summed E-state index contributed by atoms with van der Waals surface area (Å²) >= 11 is 0. The Hall–Kier alpha value is -2.40. The van der Waals surface area contributed by atoms with Crippen molar-refractivity contribution in [3.05, 3.63) is 70.8 Å². The van der Waals surface area contributed by atoms with Gasteiger partial charge in [0.15, 0.2) is 5.78 Å². The number of hydrogen-bond acceptors (Lipinski definition) is 2. The molecular formula is C18H17NO. The zero-order valence-electron chi connectivity index (χ0n) is 11.8. The van der Waals surface area contributed by atoms with Crippen LogP contribution in [-0.4, -0.2) is 5.78 Å². The summed E-state index contributed by atoms with van der Waals surface area (Å²) in [7, 11) is 0. The van der Waals surface area contributed by atoms with Crippen molar-refractivity contribution in [2.24, 2.45) is 0 Å². The highest BCUT2D eigenvalue weighted by atomic mass is 16.1. The Balaban J connectivity index is 2.37. The smallest absolute Gasteiger partial charge is 0.171 e. The number of Topliss-reactive ketones (excluding diaryl/α,β-unsaturated/α-hetero) is 1. The SMILES string of the molecule is Cc1ccc(C(=O)C(CC#N)c2ccccc2)cc1C. The van der Waals surface area contributed by atoms with Crippen molar-refractivity contribution < 1.29 is 4.79 Å². The van der Waals surface area contributed by atoms with E-state index < -0.39 is 0 Å². The molecule has 100 valence electrons. The molecule has 20 heavy (non-hydrogen) atoms. The third kappa shape index (κ3) is 2.95. The van der Waals surface area contributed by atoms with Crippen LogP contribution in [0.1, 0.15) is 39.4 Å². The molecule has 0 heterocycles. The van der Waals surface area contributed by atoms with E-state index in [-0.39, 0.29) is 18.1 Å². The lowest BCUT2D eigenvalue weighted by atomic mass is 9.87. The maximum atomic E-state index is 12.6. The lowest BCUT2D eigenvalue weighted by Gasteiger charge is -2.14. The number of nitrogens with zero attached hydrogens (tertiary/aromatic N) is 1. The third-order valence-corrected chi connectivity index (χ3v) is 3.61. The second kappa shape index (κ2) is 6.16. The van der Waals surface area contributed by atoms with E-state index in [0.29, 0.717) is 5.56 Å². The van der Waals surface area contributed by atoms with Crippen LogP contribution < -0.4 is 0 Å². The Morgan fingerprint density at radius 3 is 2.40 bits per heavy atom. The first-order chi connectivity index (χ1) is 9.63. The van der Waals surface area contributed by atoms with E-state index in [0.717, 1.165) is 16.7 Å². The average molecular weight is 263 g/mol. The largest absolute Gasteiger partial charge is 0.293 e. The van der Waals surface area contributed by atoms with Crippen molar-refractivity contribution in [2.75, 3.05) is 0 Å². The number of carbonyl (C=O) groups is 1. The maximum Gasteiger partial charge on any atom is 0.171 e. The predicted octanol–water partition coefficient (Wildman–Crippen LogP) is 4.18. The molecule has 2 aromatic carbocycles. The molecule has 0 bridgehead atoms. The van der Waals surface area contributed by atoms with Crippen LogP contribution in [0, 0.1) is 25.2 Å². The fourth-order valence-corrected chi connectivity index (χ4v) is 2.23. The molecule has 2 heteroatoms. The first-order valence-corrected chi connectivity index (χ1v) is 6.67. The van der Waals surface area contributed by atoms with Gasteiger partial charge in [0, 0.05) is 12.0 Å². The minimum atomic E-state index is -0.386. The van der Waals surface area contributed by atoms with Crippen molar-refractivity contribution in [3.8, 4) is 6.07 Å². The Labute approximate surface area is 119 Å². The Kier molecular flexibility index (Phi) is 4.32. The Morgan fingerprint density at radius 1 is 1.10 bits per heavy atom. The monoisotopic (exact) mass is 263 g/mol. The number of carbonyl (C=O) groups excluding carboxylic acids is 1. The van der Waals surface area contributed by atoms with Crippen LogP contribution in [0.15, 0.2) is 48.5 Å². The highest BCUT2D eigenvalue weighted by Crippen LogP contribution is 2.25. The van der Waals surface area contributed by atoms with Gasteiger partial charge in [-0.05, 0) is 36.6 Å². The molecule has 0 aliphatic heterocycles. The molecule has 0 fully saturated rings. The zero-order chi connectivity index (χ0) is 14.5. The third-order valence-electron chi connectivity index (χ3n) is 3.61. The highest BCUT2D eigenvalue weighted by molar-refractivity contribution is 6.01. The summed E-state index contributed by atoms with van der Waals surface area (Å²) < 4.78 is 0. The molecule has 0 aliphatic carbocycles. The van der Waals surface area contributed by atoms with Crippen LogP contribution in [0.2, 0.25) is 0 Å². The van der Waals surface area contributed by atoms with E-state index in [4.69, 9.17) is 5.26 Å². The first kappa shape index (κ1) is 14.0. The van der Waals surface area contributed by atoms with Gasteiger partial charge < -0.3 is 0 Å². The van der Waals surface area contributed by atoms with E-state index in [9.17, 15) is 4.79 Å². The number of benzene rings is 2. The summed E-state index contributed by atoms with van der Waals surface area (Å²) in [5.41, 5.74) is 3.84. The van der Waals surface area contributed by atoms with E-state index in [1.165, 1.54) is 0 Å². The molecule has 0 saturated carbocycles. The van der Waals surface area contributed by atoms with Gasteiger partial charge in [0.25, 0.3) is 0 Å². The summed E-state index contributed by atoms with van der Waals surface area (Å²) in [6, 6.07) is 17.3. The van der Waals surface area contributed by atoms with Crippen LogP contribution >= 0.6 is 0 Å². The molecule has 0 N–H and O–H groups in total. The second-order valence-corrected chi connectivity index (χ2v) is 4.99. The van der Waals surface area contributed by atoms with Gasteiger partial charge in [-0.15, -0.1) is 0 Å². The van der Waals surface area contributed by atoms with E-state index >= 15 is 0 Å². The zero-order valence-corrected chi connectivity index (χ0v) is 11.8. The number of nitriles is 1. The molecule has 2 rings (SSSR count). The molecule has 1 unspecified atom stereocenters. The summed E-state index contributed by atoms with van der Waals surface area (Å²) in [6.07, 6.45) is 0.204. The number of rotatable bonds is 4. The minimum absolute atomic E-state index is 0.0147. The van der Waals surface area contributed by atoms with Gasteiger partial charge in [-0.25, -0.2) is 0 Å². The molecule has 0 spiro atoms. The molecule has 0 amide bonds. The molecule has 0 aromatic heterocycles. The van der Waals surface area contributed by atoms with Crippen molar-refractivity contribution >= 4 is 5.78 Å². The summed E-state index contributed by atoms with van der Waals surface area (Å²) in [5.74, 6) is -0.371. The van der Waals surface area contributed by atoms with Crippen LogP contribution in [0.3, 0.4) is 0 Å². The topological polar surface area (TPSA) is 40.9 Å². The molecule has 2 aromatic rings. The standard InChI is InChI=1S/C18H17NO/c1-13-8-9-16(12-14(13)2)18(20)17(10-11-19)15-6-4-3-5-7-15/h3-9,12,17H,10H2,1-2H3. The van der Waals surface area contributed by atoms with Gasteiger partial charge in [0.1, 0.15) is 0 Å². The lowest BCUT2D eigenvalue weighted by molar-refractivity contribution is 0.0960. The Morgan fingerprint density at radius 2 is 1.80 bits per heavy atom.